The number of carbonyl (C=O) groups is 2. The van der Waals surface area contributed by atoms with Crippen molar-refractivity contribution in [3.63, 3.8) is 0 Å². The number of aryl methyl sites for hydroxylation is 3. The smallest absolute Gasteiger partial charge is 0.264 e. The van der Waals surface area contributed by atoms with Crippen molar-refractivity contribution < 1.29 is 9.59 Å². The highest BCUT2D eigenvalue weighted by molar-refractivity contribution is 7.14. The molecule has 0 unspecified atom stereocenters. The minimum absolute atomic E-state index is 0.149. The van der Waals surface area contributed by atoms with Gasteiger partial charge in [-0.3, -0.25) is 9.59 Å². The molecule has 1 aromatic heterocycles. The van der Waals surface area contributed by atoms with Gasteiger partial charge in [0.2, 0.25) is 5.91 Å². The fourth-order valence-corrected chi connectivity index (χ4v) is 5.38. The average molecular weight is 397 g/mol. The normalized spacial score (nSPS) is 16.7. The molecule has 0 atom stereocenters. The molecule has 2 heterocycles. The topological polar surface area (TPSA) is 40.6 Å². The number of hydrogen-bond acceptors (Lipinski definition) is 3. The van der Waals surface area contributed by atoms with Gasteiger partial charge in [-0.25, -0.2) is 0 Å². The predicted molar refractivity (Wildman–Crippen MR) is 113 cm³/mol. The highest BCUT2D eigenvalue weighted by Crippen LogP contribution is 2.30. The first kappa shape index (κ1) is 19.2. The second kappa shape index (κ2) is 8.91. The van der Waals surface area contributed by atoms with Crippen LogP contribution in [0.2, 0.25) is 0 Å². The lowest BCUT2D eigenvalue weighted by Crippen LogP contribution is -2.50. The van der Waals surface area contributed by atoms with Crippen LogP contribution in [0.3, 0.4) is 0 Å². The molecule has 0 saturated carbocycles. The molecular formula is C23H28N2O2S. The summed E-state index contributed by atoms with van der Waals surface area (Å²) in [6.07, 6.45) is 7.12. The van der Waals surface area contributed by atoms with Crippen molar-refractivity contribution in [3.8, 4) is 0 Å². The van der Waals surface area contributed by atoms with Gasteiger partial charge in [0.05, 0.1) is 4.88 Å². The maximum absolute atomic E-state index is 12.9. The molecule has 1 aliphatic carbocycles. The van der Waals surface area contributed by atoms with Gasteiger partial charge in [0.15, 0.2) is 0 Å². The Morgan fingerprint density at radius 3 is 2.39 bits per heavy atom. The van der Waals surface area contributed by atoms with Crippen LogP contribution in [0, 0.1) is 0 Å². The van der Waals surface area contributed by atoms with Crippen LogP contribution in [0.15, 0.2) is 36.4 Å². The number of fused-ring (bicyclic) bond motifs is 1. The van der Waals surface area contributed by atoms with E-state index in [1.807, 2.05) is 28.0 Å². The van der Waals surface area contributed by atoms with Gasteiger partial charge in [-0.15, -0.1) is 11.3 Å². The molecule has 1 fully saturated rings. The molecular weight excluding hydrogens is 368 g/mol. The number of benzene rings is 1. The third kappa shape index (κ3) is 4.46. The van der Waals surface area contributed by atoms with E-state index in [0.717, 1.165) is 30.6 Å². The summed E-state index contributed by atoms with van der Waals surface area (Å²) in [4.78, 5) is 31.5. The Kier molecular flexibility index (Phi) is 6.10. The Labute approximate surface area is 171 Å². The third-order valence-electron chi connectivity index (χ3n) is 5.83. The van der Waals surface area contributed by atoms with Crippen LogP contribution < -0.4 is 0 Å². The van der Waals surface area contributed by atoms with Crippen LogP contribution in [0.1, 0.15) is 51.4 Å². The third-order valence-corrected chi connectivity index (χ3v) is 7.05. The van der Waals surface area contributed by atoms with Gasteiger partial charge in [-0.1, -0.05) is 30.3 Å². The summed E-state index contributed by atoms with van der Waals surface area (Å²) in [5.74, 6) is 0.366. The Balaban J connectivity index is 1.24. The summed E-state index contributed by atoms with van der Waals surface area (Å²) in [7, 11) is 0. The minimum Gasteiger partial charge on any atom is -0.339 e. The van der Waals surface area contributed by atoms with E-state index >= 15 is 0 Å². The fraction of sp³-hybridized carbons (Fsp3) is 0.478. The number of amides is 2. The van der Waals surface area contributed by atoms with Gasteiger partial charge in [0.1, 0.15) is 0 Å². The maximum atomic E-state index is 12.9. The lowest BCUT2D eigenvalue weighted by Gasteiger charge is -2.34. The van der Waals surface area contributed by atoms with Crippen LogP contribution in [-0.2, 0) is 24.1 Å². The number of thiophene rings is 1. The zero-order valence-corrected chi connectivity index (χ0v) is 17.2. The van der Waals surface area contributed by atoms with Gasteiger partial charge >= 0.3 is 0 Å². The molecule has 2 aliphatic rings. The van der Waals surface area contributed by atoms with Gasteiger partial charge in [-0.05, 0) is 55.7 Å². The van der Waals surface area contributed by atoms with Crippen molar-refractivity contribution in [2.24, 2.45) is 0 Å². The summed E-state index contributed by atoms with van der Waals surface area (Å²) in [5, 5.41) is 0. The largest absolute Gasteiger partial charge is 0.339 e. The molecule has 148 valence electrons. The monoisotopic (exact) mass is 396 g/mol. The molecule has 0 spiro atoms. The van der Waals surface area contributed by atoms with Gasteiger partial charge in [0, 0.05) is 37.5 Å². The molecule has 2 aromatic rings. The SMILES string of the molecule is O=C(CCCc1ccccc1)N1CCN(C(=O)c2cc3c(s2)CCCC3)CC1. The Morgan fingerprint density at radius 1 is 0.929 bits per heavy atom. The van der Waals surface area contributed by atoms with E-state index in [4.69, 9.17) is 0 Å². The number of nitrogens with zero attached hydrogens (tertiary/aromatic N) is 2. The highest BCUT2D eigenvalue weighted by atomic mass is 32.1. The first-order valence-electron chi connectivity index (χ1n) is 10.4. The highest BCUT2D eigenvalue weighted by Gasteiger charge is 2.26. The first-order valence-corrected chi connectivity index (χ1v) is 11.2. The molecule has 0 N–H and O–H groups in total. The second-order valence-corrected chi connectivity index (χ2v) is 8.92. The summed E-state index contributed by atoms with van der Waals surface area (Å²) in [6.45, 7) is 2.60. The van der Waals surface area contributed by atoms with Gasteiger partial charge in [-0.2, -0.15) is 0 Å². The zero-order valence-electron chi connectivity index (χ0n) is 16.4. The first-order chi connectivity index (χ1) is 13.7. The molecule has 1 saturated heterocycles. The predicted octanol–water partition coefficient (Wildman–Crippen LogP) is 3.93. The van der Waals surface area contributed by atoms with E-state index in [-0.39, 0.29) is 11.8 Å². The zero-order chi connectivity index (χ0) is 19.3. The van der Waals surface area contributed by atoms with Crippen molar-refractivity contribution in [1.82, 2.24) is 9.80 Å². The summed E-state index contributed by atoms with van der Waals surface area (Å²) < 4.78 is 0. The second-order valence-electron chi connectivity index (χ2n) is 7.78. The summed E-state index contributed by atoms with van der Waals surface area (Å²) in [6, 6.07) is 12.4. The number of piperazine rings is 1. The maximum Gasteiger partial charge on any atom is 0.264 e. The van der Waals surface area contributed by atoms with Crippen molar-refractivity contribution in [2.75, 3.05) is 26.2 Å². The van der Waals surface area contributed by atoms with Crippen LogP contribution in [-0.4, -0.2) is 47.8 Å². The van der Waals surface area contributed by atoms with E-state index in [1.165, 1.54) is 28.8 Å². The van der Waals surface area contributed by atoms with Crippen LogP contribution in [0.4, 0.5) is 0 Å². The van der Waals surface area contributed by atoms with Crippen molar-refractivity contribution >= 4 is 23.2 Å². The molecule has 28 heavy (non-hydrogen) atoms. The van der Waals surface area contributed by atoms with Crippen molar-refractivity contribution in [2.45, 2.75) is 44.9 Å². The van der Waals surface area contributed by atoms with Crippen LogP contribution >= 0.6 is 11.3 Å². The summed E-state index contributed by atoms with van der Waals surface area (Å²) >= 11 is 1.68. The van der Waals surface area contributed by atoms with E-state index in [9.17, 15) is 9.59 Å². The molecule has 4 nitrogen and oxygen atoms in total. The summed E-state index contributed by atoms with van der Waals surface area (Å²) in [5.41, 5.74) is 2.66. The van der Waals surface area contributed by atoms with E-state index in [2.05, 4.69) is 18.2 Å². The van der Waals surface area contributed by atoms with Crippen molar-refractivity contribution in [3.05, 3.63) is 57.3 Å². The van der Waals surface area contributed by atoms with Crippen LogP contribution in [0.25, 0.3) is 0 Å². The molecule has 0 bridgehead atoms. The Hall–Kier alpha value is -2.14. The lowest BCUT2D eigenvalue weighted by atomic mass is 9.99. The number of hydrogen-bond donors (Lipinski definition) is 0. The Bertz CT molecular complexity index is 799. The van der Waals surface area contributed by atoms with Gasteiger partial charge < -0.3 is 9.80 Å². The Morgan fingerprint density at radius 2 is 1.64 bits per heavy atom. The molecule has 5 heteroatoms. The van der Waals surface area contributed by atoms with Crippen LogP contribution in [0.5, 0.6) is 0 Å². The lowest BCUT2D eigenvalue weighted by molar-refractivity contribution is -0.132. The van der Waals surface area contributed by atoms with Gasteiger partial charge in [0.25, 0.3) is 5.91 Å². The van der Waals surface area contributed by atoms with E-state index in [0.29, 0.717) is 32.6 Å². The number of rotatable bonds is 5. The fourth-order valence-electron chi connectivity index (χ4n) is 4.16. The average Bonchev–Trinajstić information content (AvgIpc) is 3.18. The van der Waals surface area contributed by atoms with E-state index < -0.39 is 0 Å². The molecule has 1 aliphatic heterocycles. The quantitative estimate of drug-likeness (QED) is 0.768. The molecule has 2 amide bonds. The molecule has 4 rings (SSSR count). The number of carbonyl (C=O) groups excluding carboxylic acids is 2. The molecule has 0 radical (unpaired) electrons. The minimum atomic E-state index is 0.149. The van der Waals surface area contributed by atoms with E-state index in [1.54, 1.807) is 11.3 Å². The standard InChI is InChI=1S/C23H28N2O2S/c26-22(12-6-9-18-7-2-1-3-8-18)24-13-15-25(16-14-24)23(27)21-17-19-10-4-5-11-20(19)28-21/h1-3,7-8,17H,4-6,9-16H2. The molecule has 1 aromatic carbocycles. The van der Waals surface area contributed by atoms with Crippen molar-refractivity contribution in [1.29, 1.82) is 0 Å².